The van der Waals surface area contributed by atoms with Gasteiger partial charge >= 0.3 is 0 Å². The van der Waals surface area contributed by atoms with Gasteiger partial charge in [0.05, 0.1) is 30.1 Å². The molecule has 0 aliphatic carbocycles. The molecular formula is C17H18N4O3S2. The van der Waals surface area contributed by atoms with Crippen LogP contribution in [-0.4, -0.2) is 45.7 Å². The predicted octanol–water partition coefficient (Wildman–Crippen LogP) is 2.46. The molecule has 1 unspecified atom stereocenters. The van der Waals surface area contributed by atoms with Crippen LogP contribution < -0.4 is 0 Å². The summed E-state index contributed by atoms with van der Waals surface area (Å²) in [5.74, 6) is 0. The Kier molecular flexibility index (Phi) is 4.94. The van der Waals surface area contributed by atoms with Crippen LogP contribution in [0.5, 0.6) is 0 Å². The van der Waals surface area contributed by atoms with Crippen LogP contribution in [0.2, 0.25) is 0 Å². The van der Waals surface area contributed by atoms with Crippen LogP contribution in [0, 0.1) is 0 Å². The van der Waals surface area contributed by atoms with Crippen LogP contribution in [0.25, 0.3) is 11.0 Å². The third kappa shape index (κ3) is 3.48. The zero-order valence-corrected chi connectivity index (χ0v) is 15.6. The van der Waals surface area contributed by atoms with Gasteiger partial charge in [-0.05, 0) is 37.1 Å². The average Bonchev–Trinajstić information content (AvgIpc) is 3.33. The number of hydrogen-bond acceptors (Lipinski definition) is 7. The minimum atomic E-state index is -3.77. The van der Waals surface area contributed by atoms with Gasteiger partial charge in [0.25, 0.3) is 0 Å². The second-order valence-corrected chi connectivity index (χ2v) is 8.58. The molecule has 0 amide bonds. The predicted molar refractivity (Wildman–Crippen MR) is 98.2 cm³/mol. The van der Waals surface area contributed by atoms with Crippen molar-refractivity contribution in [3.8, 4) is 0 Å². The molecule has 1 fully saturated rings. The smallest absolute Gasteiger partial charge is 0.245 e. The Bertz CT molecular complexity index is 985. The fourth-order valence-electron chi connectivity index (χ4n) is 3.06. The molecule has 7 nitrogen and oxygen atoms in total. The topological polar surface area (TPSA) is 85.3 Å². The number of nitrogens with zero attached hydrogens (tertiary/aromatic N) is 4. The van der Waals surface area contributed by atoms with Gasteiger partial charge in [-0.1, -0.05) is 12.1 Å². The molecule has 2 aromatic heterocycles. The molecule has 1 aliphatic heterocycles. The first-order valence-corrected chi connectivity index (χ1v) is 10.5. The van der Waals surface area contributed by atoms with Gasteiger partial charge in [0, 0.05) is 19.3 Å². The largest absolute Gasteiger partial charge is 0.377 e. The fraction of sp³-hybridized carbons (Fsp3) is 0.353. The molecule has 1 atom stereocenters. The van der Waals surface area contributed by atoms with Crippen LogP contribution in [0.3, 0.4) is 0 Å². The molecule has 0 bridgehead atoms. The average molecular weight is 390 g/mol. The first kappa shape index (κ1) is 17.5. The number of ether oxygens (including phenoxy) is 1. The van der Waals surface area contributed by atoms with Crippen molar-refractivity contribution in [1.29, 1.82) is 0 Å². The summed E-state index contributed by atoms with van der Waals surface area (Å²) in [7, 11) is -3.77. The minimum absolute atomic E-state index is 0.0961. The Labute approximate surface area is 156 Å². The van der Waals surface area contributed by atoms with Gasteiger partial charge in [0.2, 0.25) is 10.0 Å². The fourth-order valence-corrected chi connectivity index (χ4v) is 5.26. The van der Waals surface area contributed by atoms with Crippen molar-refractivity contribution in [3.05, 3.63) is 48.3 Å². The molecule has 0 saturated carbocycles. The highest BCUT2D eigenvalue weighted by Crippen LogP contribution is 2.27. The monoisotopic (exact) mass is 390 g/mol. The van der Waals surface area contributed by atoms with E-state index >= 15 is 0 Å². The standard InChI is InChI=1S/C17H18N4O3S2/c22-26(23,16-8-3-7-15-17(16)20-25-19-15)21(12-14-6-4-10-24-14)11-13-5-1-2-9-18-13/h1-3,5,7-9,14H,4,6,10-12H2. The van der Waals surface area contributed by atoms with Gasteiger partial charge in [-0.25, -0.2) is 8.42 Å². The van der Waals surface area contributed by atoms with Crippen molar-refractivity contribution >= 4 is 32.8 Å². The molecule has 4 rings (SSSR count). The molecule has 136 valence electrons. The van der Waals surface area contributed by atoms with Crippen molar-refractivity contribution < 1.29 is 13.2 Å². The van der Waals surface area contributed by atoms with E-state index in [1.54, 1.807) is 24.4 Å². The summed E-state index contributed by atoms with van der Waals surface area (Å²) in [6, 6.07) is 10.5. The van der Waals surface area contributed by atoms with Crippen molar-refractivity contribution in [1.82, 2.24) is 18.0 Å². The molecular weight excluding hydrogens is 372 g/mol. The van der Waals surface area contributed by atoms with E-state index in [2.05, 4.69) is 13.7 Å². The quantitative estimate of drug-likeness (QED) is 0.643. The first-order chi connectivity index (χ1) is 12.6. The molecule has 3 heterocycles. The molecule has 0 N–H and O–H groups in total. The van der Waals surface area contributed by atoms with Crippen LogP contribution in [-0.2, 0) is 21.3 Å². The highest BCUT2D eigenvalue weighted by Gasteiger charge is 2.31. The van der Waals surface area contributed by atoms with Gasteiger partial charge < -0.3 is 4.74 Å². The van der Waals surface area contributed by atoms with E-state index in [1.807, 2.05) is 18.2 Å². The van der Waals surface area contributed by atoms with Gasteiger partial charge in [0.15, 0.2) is 0 Å². The first-order valence-electron chi connectivity index (χ1n) is 8.37. The number of rotatable bonds is 6. The van der Waals surface area contributed by atoms with Gasteiger partial charge in [0.1, 0.15) is 15.9 Å². The van der Waals surface area contributed by atoms with Crippen LogP contribution in [0.1, 0.15) is 18.5 Å². The van der Waals surface area contributed by atoms with Crippen molar-refractivity contribution in [2.75, 3.05) is 13.2 Å². The second kappa shape index (κ2) is 7.36. The minimum Gasteiger partial charge on any atom is -0.377 e. The number of aromatic nitrogens is 3. The Hall–Kier alpha value is -1.94. The third-order valence-electron chi connectivity index (χ3n) is 4.36. The number of sulfonamides is 1. The van der Waals surface area contributed by atoms with Gasteiger partial charge in [-0.15, -0.1) is 0 Å². The summed E-state index contributed by atoms with van der Waals surface area (Å²) in [5.41, 5.74) is 1.69. The van der Waals surface area contributed by atoms with Crippen LogP contribution in [0.15, 0.2) is 47.5 Å². The molecule has 26 heavy (non-hydrogen) atoms. The summed E-state index contributed by atoms with van der Waals surface area (Å²) < 4.78 is 42.3. The van der Waals surface area contributed by atoms with E-state index in [0.717, 1.165) is 24.6 Å². The second-order valence-electron chi connectivity index (χ2n) is 6.14. The maximum Gasteiger partial charge on any atom is 0.245 e. The summed E-state index contributed by atoms with van der Waals surface area (Å²) in [5, 5.41) is 0. The van der Waals surface area contributed by atoms with E-state index in [-0.39, 0.29) is 17.5 Å². The summed E-state index contributed by atoms with van der Waals surface area (Å²) >= 11 is 1.01. The lowest BCUT2D eigenvalue weighted by Crippen LogP contribution is -2.37. The molecule has 0 spiro atoms. The molecule has 1 saturated heterocycles. The summed E-state index contributed by atoms with van der Waals surface area (Å²) in [4.78, 5) is 4.46. The van der Waals surface area contributed by atoms with E-state index in [9.17, 15) is 8.42 Å². The lowest BCUT2D eigenvalue weighted by molar-refractivity contribution is 0.0924. The van der Waals surface area contributed by atoms with Crippen LogP contribution >= 0.6 is 11.7 Å². The van der Waals surface area contributed by atoms with Crippen LogP contribution in [0.4, 0.5) is 0 Å². The van der Waals surface area contributed by atoms with Gasteiger partial charge in [-0.3, -0.25) is 4.98 Å². The zero-order chi connectivity index (χ0) is 18.0. The third-order valence-corrected chi connectivity index (χ3v) is 6.75. The number of hydrogen-bond donors (Lipinski definition) is 0. The number of fused-ring (bicyclic) bond motifs is 1. The Morgan fingerprint density at radius 3 is 2.88 bits per heavy atom. The Morgan fingerprint density at radius 1 is 1.19 bits per heavy atom. The Morgan fingerprint density at radius 2 is 2.12 bits per heavy atom. The highest BCUT2D eigenvalue weighted by molar-refractivity contribution is 7.89. The lowest BCUT2D eigenvalue weighted by atomic mass is 10.2. The highest BCUT2D eigenvalue weighted by atomic mass is 32.2. The van der Waals surface area contributed by atoms with E-state index in [1.165, 1.54) is 4.31 Å². The van der Waals surface area contributed by atoms with Gasteiger partial charge in [-0.2, -0.15) is 13.1 Å². The van der Waals surface area contributed by atoms with E-state index in [0.29, 0.717) is 29.9 Å². The molecule has 1 aromatic carbocycles. The molecule has 0 radical (unpaired) electrons. The maximum absolute atomic E-state index is 13.4. The van der Waals surface area contributed by atoms with E-state index in [4.69, 9.17) is 4.74 Å². The van der Waals surface area contributed by atoms with Crippen molar-refractivity contribution in [2.45, 2.75) is 30.4 Å². The number of pyridine rings is 1. The maximum atomic E-state index is 13.4. The van der Waals surface area contributed by atoms with Crippen molar-refractivity contribution in [3.63, 3.8) is 0 Å². The lowest BCUT2D eigenvalue weighted by Gasteiger charge is -2.24. The molecule has 9 heteroatoms. The van der Waals surface area contributed by atoms with Crippen molar-refractivity contribution in [2.24, 2.45) is 0 Å². The summed E-state index contributed by atoms with van der Waals surface area (Å²) in [6.07, 6.45) is 3.38. The SMILES string of the molecule is O=S(=O)(c1cccc2nsnc12)N(Cc1ccccn1)CC1CCCO1. The Balaban J connectivity index is 1.72. The normalized spacial score (nSPS) is 18.0. The zero-order valence-electron chi connectivity index (χ0n) is 14.0. The summed E-state index contributed by atoms with van der Waals surface area (Å²) in [6.45, 7) is 1.16. The molecule has 1 aliphatic rings. The number of benzene rings is 1. The van der Waals surface area contributed by atoms with E-state index < -0.39 is 10.0 Å². The molecule has 3 aromatic rings.